The summed E-state index contributed by atoms with van der Waals surface area (Å²) in [5, 5.41) is 4.67. The number of pyridine rings is 1. The lowest BCUT2D eigenvalue weighted by molar-refractivity contribution is 0.838. The Labute approximate surface area is 97.7 Å². The number of aromatic nitrogens is 3. The average Bonchev–Trinajstić information content (AvgIpc) is 2.64. The van der Waals surface area contributed by atoms with Crippen LogP contribution >= 0.6 is 23.2 Å². The topological polar surface area (TPSA) is 30.7 Å². The minimum absolute atomic E-state index is 0.464. The molecule has 0 amide bonds. The molecule has 0 saturated carbocycles. The van der Waals surface area contributed by atoms with Gasteiger partial charge >= 0.3 is 0 Å². The highest BCUT2D eigenvalue weighted by atomic mass is 35.5. The summed E-state index contributed by atoms with van der Waals surface area (Å²) in [7, 11) is 0. The summed E-state index contributed by atoms with van der Waals surface area (Å²) >= 11 is 11.6. The van der Waals surface area contributed by atoms with Gasteiger partial charge in [-0.25, -0.2) is 9.67 Å². The van der Waals surface area contributed by atoms with Crippen LogP contribution in [0.1, 0.15) is 11.3 Å². The van der Waals surface area contributed by atoms with Crippen LogP contribution in [-0.2, 0) is 5.88 Å². The molecular formula is C10H9Cl2N3. The van der Waals surface area contributed by atoms with Gasteiger partial charge in [-0.15, -0.1) is 11.6 Å². The molecule has 0 bridgehead atoms. The molecule has 2 rings (SSSR count). The van der Waals surface area contributed by atoms with Crippen molar-refractivity contribution in [2.24, 2.45) is 0 Å². The zero-order valence-electron chi connectivity index (χ0n) is 8.11. The van der Waals surface area contributed by atoms with Crippen LogP contribution in [0, 0.1) is 6.92 Å². The van der Waals surface area contributed by atoms with E-state index in [0.717, 1.165) is 17.1 Å². The zero-order valence-corrected chi connectivity index (χ0v) is 9.63. The molecule has 2 aromatic rings. The quantitative estimate of drug-likeness (QED) is 0.758. The Kier molecular flexibility index (Phi) is 2.93. The first-order chi connectivity index (χ1) is 7.19. The molecule has 0 unspecified atom stereocenters. The zero-order chi connectivity index (χ0) is 10.8. The summed E-state index contributed by atoms with van der Waals surface area (Å²) in [5.74, 6) is 1.20. The predicted octanol–water partition coefficient (Wildman–Crippen LogP) is 2.97. The molecule has 0 N–H and O–H groups in total. The van der Waals surface area contributed by atoms with Crippen LogP contribution < -0.4 is 0 Å². The second-order valence-electron chi connectivity index (χ2n) is 3.21. The van der Waals surface area contributed by atoms with Crippen molar-refractivity contribution in [2.75, 3.05) is 0 Å². The monoisotopic (exact) mass is 241 g/mol. The minimum atomic E-state index is 0.464. The highest BCUT2D eigenvalue weighted by Crippen LogP contribution is 2.13. The van der Waals surface area contributed by atoms with E-state index >= 15 is 0 Å². The van der Waals surface area contributed by atoms with Gasteiger partial charge in [-0.2, -0.15) is 5.10 Å². The molecule has 0 aromatic carbocycles. The van der Waals surface area contributed by atoms with Crippen LogP contribution in [-0.4, -0.2) is 14.8 Å². The molecule has 2 aromatic heterocycles. The summed E-state index contributed by atoms with van der Waals surface area (Å²) < 4.78 is 1.63. The van der Waals surface area contributed by atoms with E-state index in [4.69, 9.17) is 23.2 Å². The molecule has 0 atom stereocenters. The first-order valence-corrected chi connectivity index (χ1v) is 5.34. The molecule has 2 heterocycles. The Balaban J connectivity index is 2.48. The van der Waals surface area contributed by atoms with E-state index < -0.39 is 0 Å². The van der Waals surface area contributed by atoms with Gasteiger partial charge in [0.25, 0.3) is 0 Å². The number of aryl methyl sites for hydroxylation is 1. The van der Waals surface area contributed by atoms with Crippen molar-refractivity contribution in [3.63, 3.8) is 0 Å². The summed E-state index contributed by atoms with van der Waals surface area (Å²) in [6.07, 6.45) is 3.28. The van der Waals surface area contributed by atoms with Gasteiger partial charge in [-0.1, -0.05) is 11.6 Å². The molecule has 15 heavy (non-hydrogen) atoms. The Morgan fingerprint density at radius 2 is 2.20 bits per heavy atom. The molecule has 0 aliphatic heterocycles. The highest BCUT2D eigenvalue weighted by Gasteiger charge is 2.03. The maximum Gasteiger partial charge on any atom is 0.153 e. The van der Waals surface area contributed by atoms with Crippen molar-refractivity contribution >= 4 is 23.2 Å². The highest BCUT2D eigenvalue weighted by molar-refractivity contribution is 6.30. The third-order valence-corrected chi connectivity index (χ3v) is 2.44. The van der Waals surface area contributed by atoms with E-state index in [1.54, 1.807) is 17.1 Å². The van der Waals surface area contributed by atoms with Gasteiger partial charge in [0.05, 0.1) is 17.4 Å². The summed E-state index contributed by atoms with van der Waals surface area (Å²) in [6.45, 7) is 1.92. The van der Waals surface area contributed by atoms with Crippen LogP contribution in [0.4, 0.5) is 0 Å². The van der Waals surface area contributed by atoms with E-state index in [2.05, 4.69) is 10.1 Å². The fourth-order valence-corrected chi connectivity index (χ4v) is 1.63. The number of nitrogens with zero attached hydrogens (tertiary/aromatic N) is 3. The van der Waals surface area contributed by atoms with E-state index in [-0.39, 0.29) is 0 Å². The number of hydrogen-bond acceptors (Lipinski definition) is 2. The third kappa shape index (κ3) is 2.30. The molecule has 0 aliphatic carbocycles. The van der Waals surface area contributed by atoms with E-state index in [0.29, 0.717) is 10.9 Å². The van der Waals surface area contributed by atoms with Crippen molar-refractivity contribution in [3.8, 4) is 5.82 Å². The molecular weight excluding hydrogens is 233 g/mol. The van der Waals surface area contributed by atoms with E-state index in [1.165, 1.54) is 0 Å². The lowest BCUT2D eigenvalue weighted by Crippen LogP contribution is -2.00. The van der Waals surface area contributed by atoms with Crippen molar-refractivity contribution in [3.05, 3.63) is 40.8 Å². The van der Waals surface area contributed by atoms with Gasteiger partial charge in [-0.05, 0) is 24.6 Å². The molecule has 0 saturated heterocycles. The van der Waals surface area contributed by atoms with Crippen molar-refractivity contribution in [1.29, 1.82) is 0 Å². The Bertz CT molecular complexity index is 479. The second kappa shape index (κ2) is 4.21. The van der Waals surface area contributed by atoms with Crippen LogP contribution in [0.25, 0.3) is 5.82 Å². The van der Waals surface area contributed by atoms with Gasteiger partial charge in [0.15, 0.2) is 5.82 Å². The Morgan fingerprint density at radius 1 is 1.40 bits per heavy atom. The van der Waals surface area contributed by atoms with Gasteiger partial charge in [-0.3, -0.25) is 0 Å². The molecule has 5 heteroatoms. The summed E-state index contributed by atoms with van der Waals surface area (Å²) in [4.78, 5) is 4.35. The fraction of sp³-hybridized carbons (Fsp3) is 0.200. The average molecular weight is 242 g/mol. The predicted molar refractivity (Wildman–Crippen MR) is 60.7 cm³/mol. The Morgan fingerprint density at radius 3 is 2.80 bits per heavy atom. The van der Waals surface area contributed by atoms with Crippen molar-refractivity contribution in [1.82, 2.24) is 14.8 Å². The molecule has 0 radical (unpaired) electrons. The van der Waals surface area contributed by atoms with Crippen molar-refractivity contribution < 1.29 is 0 Å². The smallest absolute Gasteiger partial charge is 0.153 e. The fourth-order valence-electron chi connectivity index (χ4n) is 1.34. The molecule has 0 fully saturated rings. The lowest BCUT2D eigenvalue weighted by Gasteiger charge is -2.04. The second-order valence-corrected chi connectivity index (χ2v) is 3.92. The van der Waals surface area contributed by atoms with Crippen molar-refractivity contribution in [2.45, 2.75) is 12.8 Å². The number of halogens is 2. The summed E-state index contributed by atoms with van der Waals surface area (Å²) in [6, 6.07) is 3.84. The van der Waals surface area contributed by atoms with Crippen LogP contribution in [0.3, 0.4) is 0 Å². The molecule has 3 nitrogen and oxygen atoms in total. The first kappa shape index (κ1) is 10.5. The van der Waals surface area contributed by atoms with E-state index in [9.17, 15) is 0 Å². The van der Waals surface area contributed by atoms with Gasteiger partial charge in [0, 0.05) is 11.6 Å². The Hall–Kier alpha value is -1.06. The minimum Gasteiger partial charge on any atom is -0.234 e. The summed E-state index contributed by atoms with van der Waals surface area (Å²) in [5.41, 5.74) is 1.93. The third-order valence-electron chi connectivity index (χ3n) is 1.94. The number of rotatable bonds is 2. The van der Waals surface area contributed by atoms with Crippen LogP contribution in [0.5, 0.6) is 0 Å². The largest absolute Gasteiger partial charge is 0.234 e. The standard InChI is InChI=1S/C10H9Cl2N3/c1-7-2-8(4-11)3-10(14-7)15-6-9(12)5-13-15/h2-3,5-6H,4H2,1H3. The maximum absolute atomic E-state index is 5.79. The first-order valence-electron chi connectivity index (χ1n) is 4.43. The van der Waals surface area contributed by atoms with Crippen LogP contribution in [0.15, 0.2) is 24.5 Å². The van der Waals surface area contributed by atoms with Gasteiger partial charge in [0.2, 0.25) is 0 Å². The van der Waals surface area contributed by atoms with Crippen LogP contribution in [0.2, 0.25) is 5.02 Å². The van der Waals surface area contributed by atoms with E-state index in [1.807, 2.05) is 19.1 Å². The maximum atomic E-state index is 5.79. The molecule has 78 valence electrons. The molecule has 0 aliphatic rings. The SMILES string of the molecule is Cc1cc(CCl)cc(-n2cc(Cl)cn2)n1. The normalized spacial score (nSPS) is 10.6. The molecule has 0 spiro atoms. The van der Waals surface area contributed by atoms with Gasteiger partial charge in [0.1, 0.15) is 0 Å². The van der Waals surface area contributed by atoms with Gasteiger partial charge < -0.3 is 0 Å². The lowest BCUT2D eigenvalue weighted by atomic mass is 10.2. The number of alkyl halides is 1. The number of hydrogen-bond donors (Lipinski definition) is 0.